The molecule has 0 fully saturated rings. The van der Waals surface area contributed by atoms with Crippen LogP contribution in [-0.2, 0) is 0 Å². The summed E-state index contributed by atoms with van der Waals surface area (Å²) < 4.78 is 0. The summed E-state index contributed by atoms with van der Waals surface area (Å²) in [5, 5.41) is 8.64. The van der Waals surface area contributed by atoms with Crippen LogP contribution in [0.25, 0.3) is 0 Å². The van der Waals surface area contributed by atoms with Crippen molar-refractivity contribution in [3.8, 4) is 0 Å². The summed E-state index contributed by atoms with van der Waals surface area (Å²) in [6, 6.07) is 53.5. The molecule has 0 amide bonds. The molecule has 0 aliphatic heterocycles. The Morgan fingerprint density at radius 1 is 0.424 bits per heavy atom. The van der Waals surface area contributed by atoms with E-state index >= 15 is 0 Å². The van der Waals surface area contributed by atoms with Gasteiger partial charge in [-0.2, -0.15) is 0 Å². The minimum absolute atomic E-state index is 0.677. The van der Waals surface area contributed by atoms with Gasteiger partial charge in [-0.3, -0.25) is 0 Å². The number of hydrogen-bond donors (Lipinski definition) is 0. The van der Waals surface area contributed by atoms with Gasteiger partial charge in [0.15, 0.2) is 0 Å². The summed E-state index contributed by atoms with van der Waals surface area (Å²) in [5.74, 6) is 0. The van der Waals surface area contributed by atoms with E-state index < -0.39 is 15.2 Å². The predicted octanol–water partition coefficient (Wildman–Crippen LogP) is 5.10. The van der Waals surface area contributed by atoms with Crippen LogP contribution < -0.4 is 31.8 Å². The van der Waals surface area contributed by atoms with E-state index in [0.29, 0.717) is 0 Å². The van der Waals surface area contributed by atoms with Crippen molar-refractivity contribution in [2.75, 3.05) is 6.66 Å². The molecule has 0 bridgehead atoms. The fourth-order valence-corrected chi connectivity index (χ4v) is 11.7. The fourth-order valence-electron chi connectivity index (χ4n) is 4.69. The van der Waals surface area contributed by atoms with Crippen LogP contribution in [0.1, 0.15) is 0 Å². The van der Waals surface area contributed by atoms with Gasteiger partial charge in [0.1, 0.15) is 0 Å². The molecule has 0 atom stereocenters. The van der Waals surface area contributed by atoms with E-state index in [-0.39, 0.29) is 0 Å². The molecule has 0 spiro atoms. The zero-order valence-electron chi connectivity index (χ0n) is 18.8. The van der Waals surface area contributed by atoms with Gasteiger partial charge in [0, 0.05) is 0 Å². The van der Waals surface area contributed by atoms with E-state index in [2.05, 4.69) is 152 Å². The van der Waals surface area contributed by atoms with E-state index in [4.69, 9.17) is 0 Å². The van der Waals surface area contributed by atoms with Crippen molar-refractivity contribution < 1.29 is 0 Å². The second kappa shape index (κ2) is 9.84. The van der Waals surface area contributed by atoms with Gasteiger partial charge in [0.25, 0.3) is 0 Å². The Labute approximate surface area is 199 Å². The molecule has 0 aliphatic carbocycles. The SMILES string of the molecule is C[PH](c1ccccc1)(c1ccccc1)c1ccccc1P(c1ccccc1)c1ccccc1. The molecule has 0 aliphatic rings. The Balaban J connectivity index is 1.80. The van der Waals surface area contributed by atoms with Crippen molar-refractivity contribution in [1.29, 1.82) is 0 Å². The first-order valence-electron chi connectivity index (χ1n) is 11.4. The standard InChI is InChI=1S/C31H28P2/c1-33(28-20-10-4-11-21-28,29-22-12-5-13-23-29)31-25-15-14-24-30(31)32(26-16-6-2-7-17-26)27-18-8-3-9-19-27/h2-25,33H,1H3. The number of rotatable bonds is 6. The van der Waals surface area contributed by atoms with Crippen LogP contribution in [-0.4, -0.2) is 6.66 Å². The van der Waals surface area contributed by atoms with Crippen molar-refractivity contribution in [3.63, 3.8) is 0 Å². The summed E-state index contributed by atoms with van der Waals surface area (Å²) in [4.78, 5) is 0. The van der Waals surface area contributed by atoms with E-state index in [9.17, 15) is 0 Å². The number of benzene rings is 5. The normalized spacial score (nSPS) is 11.9. The molecule has 2 heteroatoms. The first kappa shape index (κ1) is 21.8. The van der Waals surface area contributed by atoms with E-state index in [1.807, 2.05) is 0 Å². The Morgan fingerprint density at radius 2 is 0.788 bits per heavy atom. The molecule has 5 aromatic carbocycles. The first-order valence-corrected chi connectivity index (χ1v) is 15.2. The summed E-state index contributed by atoms with van der Waals surface area (Å²) in [7, 11) is -2.91. The molecule has 33 heavy (non-hydrogen) atoms. The quantitative estimate of drug-likeness (QED) is 0.308. The summed E-state index contributed by atoms with van der Waals surface area (Å²) >= 11 is 0. The Bertz CT molecular complexity index is 1220. The predicted molar refractivity (Wildman–Crippen MR) is 151 cm³/mol. The Morgan fingerprint density at radius 3 is 1.24 bits per heavy atom. The van der Waals surface area contributed by atoms with Crippen molar-refractivity contribution in [1.82, 2.24) is 0 Å². The molecule has 0 unspecified atom stereocenters. The maximum absolute atomic E-state index is 2.51. The number of hydrogen-bond acceptors (Lipinski definition) is 0. The summed E-state index contributed by atoms with van der Waals surface area (Å²) in [6.45, 7) is 2.51. The van der Waals surface area contributed by atoms with Gasteiger partial charge in [-0.25, -0.2) is 0 Å². The zero-order chi connectivity index (χ0) is 22.5. The molecule has 0 heterocycles. The van der Waals surface area contributed by atoms with Crippen molar-refractivity contribution in [3.05, 3.63) is 146 Å². The molecule has 0 saturated heterocycles. The molecule has 0 radical (unpaired) electrons. The second-order valence-electron chi connectivity index (χ2n) is 8.38. The fraction of sp³-hybridized carbons (Fsp3) is 0.0323. The van der Waals surface area contributed by atoms with Crippen LogP contribution in [0, 0.1) is 0 Å². The average Bonchev–Trinajstić information content (AvgIpc) is 2.91. The Hall–Kier alpha value is -3.04. The van der Waals surface area contributed by atoms with Crippen molar-refractivity contribution >= 4 is 47.0 Å². The van der Waals surface area contributed by atoms with Crippen molar-refractivity contribution in [2.24, 2.45) is 0 Å². The van der Waals surface area contributed by atoms with Crippen LogP contribution >= 0.6 is 15.2 Å². The third-order valence-corrected chi connectivity index (χ3v) is 13.6. The second-order valence-corrected chi connectivity index (χ2v) is 14.5. The van der Waals surface area contributed by atoms with E-state index in [0.717, 1.165) is 0 Å². The molecule has 162 valence electrons. The summed E-state index contributed by atoms with van der Waals surface area (Å²) in [6.07, 6.45) is 0. The molecular formula is C31H28P2. The first-order chi connectivity index (χ1) is 16.3. The van der Waals surface area contributed by atoms with Gasteiger partial charge in [-0.1, -0.05) is 0 Å². The van der Waals surface area contributed by atoms with Crippen LogP contribution in [0.5, 0.6) is 0 Å². The topological polar surface area (TPSA) is 0 Å². The van der Waals surface area contributed by atoms with Crippen molar-refractivity contribution in [2.45, 2.75) is 0 Å². The molecule has 0 N–H and O–H groups in total. The van der Waals surface area contributed by atoms with Gasteiger partial charge in [0.05, 0.1) is 0 Å². The van der Waals surface area contributed by atoms with Crippen LogP contribution in [0.3, 0.4) is 0 Å². The van der Waals surface area contributed by atoms with Crippen LogP contribution in [0.2, 0.25) is 0 Å². The van der Waals surface area contributed by atoms with E-state index in [1.165, 1.54) is 31.8 Å². The summed E-state index contributed by atoms with van der Waals surface area (Å²) in [5.41, 5.74) is 0. The maximum atomic E-state index is 2.51. The van der Waals surface area contributed by atoms with Crippen LogP contribution in [0.4, 0.5) is 0 Å². The van der Waals surface area contributed by atoms with Crippen LogP contribution in [0.15, 0.2) is 146 Å². The molecule has 0 aromatic heterocycles. The minimum atomic E-state index is -2.23. The molecular weight excluding hydrogens is 434 g/mol. The van der Waals surface area contributed by atoms with Gasteiger partial charge >= 0.3 is 199 Å². The van der Waals surface area contributed by atoms with Gasteiger partial charge in [-0.05, 0) is 0 Å². The van der Waals surface area contributed by atoms with E-state index in [1.54, 1.807) is 0 Å². The third kappa shape index (κ3) is 4.30. The molecule has 5 rings (SSSR count). The van der Waals surface area contributed by atoms with Gasteiger partial charge in [-0.15, -0.1) is 0 Å². The Kier molecular flexibility index (Phi) is 6.50. The van der Waals surface area contributed by atoms with Gasteiger partial charge in [0.2, 0.25) is 0 Å². The molecule has 0 saturated carbocycles. The monoisotopic (exact) mass is 462 g/mol. The van der Waals surface area contributed by atoms with Gasteiger partial charge < -0.3 is 0 Å². The zero-order valence-corrected chi connectivity index (χ0v) is 20.7. The third-order valence-electron chi connectivity index (χ3n) is 6.41. The molecule has 5 aromatic rings. The molecule has 0 nitrogen and oxygen atoms in total. The average molecular weight is 463 g/mol.